The van der Waals surface area contributed by atoms with E-state index in [4.69, 9.17) is 11.2 Å². The van der Waals surface area contributed by atoms with E-state index in [-0.39, 0.29) is 11.3 Å². The maximum Gasteiger partial charge on any atom is 0.119 e. The predicted molar refractivity (Wildman–Crippen MR) is 283 cm³/mol. The van der Waals surface area contributed by atoms with Crippen LogP contribution in [0.15, 0.2) is 223 Å². The fourth-order valence-corrected chi connectivity index (χ4v) is 11.1. The second-order valence-electron chi connectivity index (χ2n) is 18.7. The number of terminal acetylenes is 1. The van der Waals surface area contributed by atoms with Gasteiger partial charge in [0.2, 0.25) is 0 Å². The molecular weight excluding hydrogens is 825 g/mol. The quantitative estimate of drug-likeness (QED) is 0.134. The van der Waals surface area contributed by atoms with Gasteiger partial charge in [-0.05, 0) is 135 Å². The highest BCUT2D eigenvalue weighted by atomic mass is 16.5. The zero-order valence-corrected chi connectivity index (χ0v) is 38.6. The average Bonchev–Trinajstić information content (AvgIpc) is 3.97. The Morgan fingerprint density at radius 3 is 1.78 bits per heavy atom. The maximum absolute atomic E-state index is 6.49. The van der Waals surface area contributed by atoms with E-state index >= 15 is 0 Å². The summed E-state index contributed by atoms with van der Waals surface area (Å²) >= 11 is 0. The number of aromatic nitrogens is 1. The van der Waals surface area contributed by atoms with Crippen molar-refractivity contribution in [1.82, 2.24) is 4.57 Å². The van der Waals surface area contributed by atoms with Crippen molar-refractivity contribution < 1.29 is 4.74 Å². The molecule has 0 amide bonds. The Labute approximate surface area is 399 Å². The van der Waals surface area contributed by atoms with Crippen molar-refractivity contribution in [2.75, 3.05) is 4.90 Å². The highest BCUT2D eigenvalue weighted by Crippen LogP contribution is 2.52. The summed E-state index contributed by atoms with van der Waals surface area (Å²) in [6.07, 6.45) is 13.6. The molecule has 12 rings (SSSR count). The zero-order valence-electron chi connectivity index (χ0n) is 38.6. The molecule has 1 atom stereocenters. The van der Waals surface area contributed by atoms with Crippen LogP contribution >= 0.6 is 0 Å². The Morgan fingerprint density at radius 1 is 0.618 bits per heavy atom. The summed E-state index contributed by atoms with van der Waals surface area (Å²) in [7, 11) is 0. The normalized spacial score (nSPS) is 15.3. The predicted octanol–water partition coefficient (Wildman–Crippen LogP) is 16.8. The van der Waals surface area contributed by atoms with Gasteiger partial charge in [0.05, 0.1) is 17.6 Å². The summed E-state index contributed by atoms with van der Waals surface area (Å²) in [6.45, 7) is 6.79. The highest BCUT2D eigenvalue weighted by molar-refractivity contribution is 5.92. The first-order valence-electron chi connectivity index (χ1n) is 23.7. The number of nitrogens with zero attached hydrogens (tertiary/aromatic N) is 2. The second-order valence-corrected chi connectivity index (χ2v) is 18.7. The lowest BCUT2D eigenvalue weighted by Crippen LogP contribution is -2.16. The summed E-state index contributed by atoms with van der Waals surface area (Å²) in [5.41, 5.74) is 21.7. The van der Waals surface area contributed by atoms with Gasteiger partial charge in [-0.25, -0.2) is 0 Å². The molecule has 3 heteroatoms. The minimum atomic E-state index is -0.182. The molecule has 1 unspecified atom stereocenters. The third kappa shape index (κ3) is 6.83. The van der Waals surface area contributed by atoms with Gasteiger partial charge in [-0.2, -0.15) is 0 Å². The Bertz CT molecular complexity index is 3540. The summed E-state index contributed by atoms with van der Waals surface area (Å²) < 4.78 is 8.87. The summed E-state index contributed by atoms with van der Waals surface area (Å²) in [5, 5.41) is 1.27. The van der Waals surface area contributed by atoms with Crippen LogP contribution in [-0.4, -0.2) is 4.57 Å². The van der Waals surface area contributed by atoms with Crippen molar-refractivity contribution in [1.29, 1.82) is 0 Å². The van der Waals surface area contributed by atoms with E-state index in [0.717, 1.165) is 51.8 Å². The second kappa shape index (κ2) is 16.5. The number of fused-ring (bicyclic) bond motifs is 7. The fraction of sp³-hybridized carbons (Fsp3) is 0.108. The molecule has 1 aliphatic heterocycles. The van der Waals surface area contributed by atoms with Crippen LogP contribution in [0.2, 0.25) is 0 Å². The summed E-state index contributed by atoms with van der Waals surface area (Å²) in [6, 6.07) is 71.1. The lowest BCUT2D eigenvalue weighted by molar-refractivity contribution is 0.302. The highest BCUT2D eigenvalue weighted by Gasteiger charge is 2.38. The van der Waals surface area contributed by atoms with Crippen molar-refractivity contribution in [3.05, 3.63) is 246 Å². The molecule has 0 radical (unpaired) electrons. The molecule has 0 fully saturated rings. The van der Waals surface area contributed by atoms with Crippen LogP contribution in [0, 0.1) is 18.3 Å². The van der Waals surface area contributed by atoms with E-state index in [2.05, 4.69) is 249 Å². The zero-order chi connectivity index (χ0) is 45.9. The smallest absolute Gasteiger partial charge is 0.119 e. The average molecular weight is 875 g/mol. The number of anilines is 3. The first-order chi connectivity index (χ1) is 33.4. The summed E-state index contributed by atoms with van der Waals surface area (Å²) in [4.78, 5) is 2.40. The number of hydrogen-bond donors (Lipinski definition) is 0. The van der Waals surface area contributed by atoms with Crippen LogP contribution in [-0.2, 0) is 16.6 Å². The molecule has 326 valence electrons. The fourth-order valence-electron chi connectivity index (χ4n) is 11.1. The molecule has 8 aromatic carbocycles. The van der Waals surface area contributed by atoms with E-state index < -0.39 is 0 Å². The van der Waals surface area contributed by atoms with E-state index in [1.54, 1.807) is 0 Å². The molecule has 0 saturated heterocycles. The van der Waals surface area contributed by atoms with Crippen LogP contribution in [0.1, 0.15) is 49.6 Å². The Hall–Kier alpha value is -8.32. The third-order valence-electron chi connectivity index (χ3n) is 14.4. The van der Waals surface area contributed by atoms with Crippen LogP contribution in [0.25, 0.3) is 67.2 Å². The Morgan fingerprint density at radius 2 is 1.15 bits per heavy atom. The number of ether oxygens (including phenoxy) is 1. The Kier molecular flexibility index (Phi) is 10.00. The van der Waals surface area contributed by atoms with Gasteiger partial charge in [0, 0.05) is 51.1 Å². The molecule has 0 saturated carbocycles. The lowest BCUT2D eigenvalue weighted by Gasteiger charge is -2.28. The van der Waals surface area contributed by atoms with E-state index in [1.807, 2.05) is 0 Å². The molecule has 1 aromatic heterocycles. The molecule has 2 aliphatic carbocycles. The van der Waals surface area contributed by atoms with Gasteiger partial charge in [0.15, 0.2) is 0 Å². The van der Waals surface area contributed by atoms with Gasteiger partial charge < -0.3 is 14.2 Å². The minimum absolute atomic E-state index is 0.164. The number of para-hydroxylation sites is 1. The topological polar surface area (TPSA) is 17.4 Å². The minimum Gasteiger partial charge on any atom is -0.464 e. The van der Waals surface area contributed by atoms with Gasteiger partial charge in [0.25, 0.3) is 0 Å². The van der Waals surface area contributed by atoms with Gasteiger partial charge in [-0.3, -0.25) is 0 Å². The number of hydrogen-bond acceptors (Lipinski definition) is 2. The number of allylic oxidation sites excluding steroid dienone is 4. The standard InChI is InChI=1S/C65H50N2O/c1-5-15-56-58-41-57-55-21-13-14-22-61(55)67(62(57)42-64(58)68-63(56)16-6-2)51-34-27-47(28-35-51)46-25-32-50(33-26-46)66(49-30-23-45(24-31-49)43-17-9-7-10-18-43)52-36-38-54-53-37-29-48(44-19-11-8-12-20-44)39-59(53)65(3,4)60(54)40-52/h2,5,7-15,17-40,42,58H,16,41H2,1,3-4H3. The van der Waals surface area contributed by atoms with Crippen molar-refractivity contribution in [2.45, 2.75) is 39.0 Å². The first-order valence-corrected chi connectivity index (χ1v) is 23.7. The molecule has 3 aliphatic rings. The number of benzene rings is 8. The molecule has 0 spiro atoms. The molecular formula is C65H50N2O. The van der Waals surface area contributed by atoms with Gasteiger partial charge >= 0.3 is 0 Å². The van der Waals surface area contributed by atoms with Crippen molar-refractivity contribution in [3.8, 4) is 62.5 Å². The lowest BCUT2D eigenvalue weighted by atomic mass is 9.81. The van der Waals surface area contributed by atoms with Gasteiger partial charge in [-0.15, -0.1) is 6.42 Å². The maximum atomic E-state index is 6.49. The SMILES string of the molecule is C#CCC1=C(C=CC)C2Cc3c(n(-c4ccc(-c5ccc(N(c6ccc(-c7ccccc7)cc6)c6ccc7c(c6)C(C)(C)c6cc(-c8ccccc8)ccc6-7)cc5)cc4)c4ccccc34)C=C2O1. The molecule has 2 heterocycles. The summed E-state index contributed by atoms with van der Waals surface area (Å²) in [5.74, 6) is 4.84. The largest absolute Gasteiger partial charge is 0.464 e. The molecule has 0 bridgehead atoms. The van der Waals surface area contributed by atoms with Gasteiger partial charge in [-0.1, -0.05) is 165 Å². The molecule has 68 heavy (non-hydrogen) atoms. The van der Waals surface area contributed by atoms with E-state index in [0.29, 0.717) is 6.42 Å². The Balaban J connectivity index is 0.887. The van der Waals surface area contributed by atoms with Crippen LogP contribution < -0.4 is 4.90 Å². The third-order valence-corrected chi connectivity index (χ3v) is 14.4. The molecule has 3 nitrogen and oxygen atoms in total. The van der Waals surface area contributed by atoms with Gasteiger partial charge in [0.1, 0.15) is 11.5 Å². The number of rotatable bonds is 9. The van der Waals surface area contributed by atoms with E-state index in [9.17, 15) is 0 Å². The van der Waals surface area contributed by atoms with Crippen LogP contribution in [0.5, 0.6) is 0 Å². The van der Waals surface area contributed by atoms with Crippen LogP contribution in [0.4, 0.5) is 17.1 Å². The monoisotopic (exact) mass is 874 g/mol. The molecule has 0 N–H and O–H groups in total. The van der Waals surface area contributed by atoms with E-state index in [1.165, 1.54) is 72.2 Å². The van der Waals surface area contributed by atoms with Crippen molar-refractivity contribution in [3.63, 3.8) is 0 Å². The van der Waals surface area contributed by atoms with Crippen LogP contribution in [0.3, 0.4) is 0 Å². The van der Waals surface area contributed by atoms with Crippen molar-refractivity contribution in [2.24, 2.45) is 5.92 Å². The first kappa shape index (κ1) is 41.1. The van der Waals surface area contributed by atoms with Crippen molar-refractivity contribution >= 4 is 34.0 Å². The molecule has 9 aromatic rings.